The third kappa shape index (κ3) is 9.39. The van der Waals surface area contributed by atoms with Crippen LogP contribution in [-0.4, -0.2) is 30.2 Å². The van der Waals surface area contributed by atoms with Gasteiger partial charge in [0.05, 0.1) is 6.10 Å². The van der Waals surface area contributed by atoms with Gasteiger partial charge in [0.1, 0.15) is 0 Å². The lowest BCUT2D eigenvalue weighted by Gasteiger charge is -2.04. The number of hydrogen-bond donors (Lipinski definition) is 3. The molecule has 0 heterocycles. The molecule has 1 unspecified atom stereocenters. The highest BCUT2D eigenvalue weighted by molar-refractivity contribution is 5.73. The average molecular weight is 174 g/mol. The Labute approximate surface area is 73.1 Å². The number of aliphatic hydroxyl groups is 1. The van der Waals surface area contributed by atoms with E-state index in [2.05, 4.69) is 5.32 Å². The number of rotatable bonds is 7. The van der Waals surface area contributed by atoms with Crippen LogP contribution >= 0.6 is 0 Å². The number of carbonyl (C=O) groups excluding carboxylic acids is 1. The second kappa shape index (κ2) is 7.06. The maximum absolute atomic E-state index is 10.3. The fourth-order valence-electron chi connectivity index (χ4n) is 0.859. The van der Waals surface area contributed by atoms with Crippen LogP contribution in [0, 0.1) is 0 Å². The van der Waals surface area contributed by atoms with Gasteiger partial charge in [0.25, 0.3) is 0 Å². The van der Waals surface area contributed by atoms with E-state index in [0.717, 1.165) is 19.4 Å². The average Bonchev–Trinajstić information content (AvgIpc) is 1.95. The van der Waals surface area contributed by atoms with E-state index in [1.807, 2.05) is 0 Å². The Hall–Kier alpha value is -0.610. The molecule has 0 aromatic rings. The van der Waals surface area contributed by atoms with Crippen LogP contribution in [0.2, 0.25) is 0 Å². The molecule has 1 atom stereocenters. The molecule has 0 bridgehead atoms. The number of nitrogens with one attached hydrogen (secondary N) is 1. The van der Waals surface area contributed by atoms with Crippen molar-refractivity contribution in [2.24, 2.45) is 5.73 Å². The smallest absolute Gasteiger partial charge is 0.218 e. The molecular formula is C8H18N2O2. The number of amides is 1. The van der Waals surface area contributed by atoms with Crippen LogP contribution in [0.1, 0.15) is 26.2 Å². The van der Waals surface area contributed by atoms with Crippen molar-refractivity contribution in [1.29, 1.82) is 0 Å². The molecule has 0 fully saturated rings. The molecule has 4 nitrogen and oxygen atoms in total. The molecule has 0 saturated heterocycles. The summed E-state index contributed by atoms with van der Waals surface area (Å²) in [6.45, 7) is 3.23. The van der Waals surface area contributed by atoms with Crippen LogP contribution in [0.4, 0.5) is 0 Å². The van der Waals surface area contributed by atoms with Crippen LogP contribution in [-0.2, 0) is 4.79 Å². The standard InChI is InChI=1S/C8H18N2O2/c1-7(11)3-2-5-10-6-4-8(9)12/h7,10-11H,2-6H2,1H3,(H2,9,12). The third-order valence-corrected chi connectivity index (χ3v) is 1.52. The summed E-state index contributed by atoms with van der Waals surface area (Å²) in [5.41, 5.74) is 4.94. The minimum Gasteiger partial charge on any atom is -0.393 e. The fraction of sp³-hybridized carbons (Fsp3) is 0.875. The Kier molecular flexibility index (Phi) is 6.70. The molecule has 0 aliphatic carbocycles. The molecule has 72 valence electrons. The lowest BCUT2D eigenvalue weighted by molar-refractivity contribution is -0.117. The zero-order valence-corrected chi connectivity index (χ0v) is 7.55. The summed E-state index contributed by atoms with van der Waals surface area (Å²) in [6, 6.07) is 0. The Morgan fingerprint density at radius 3 is 2.75 bits per heavy atom. The quantitative estimate of drug-likeness (QED) is 0.460. The Morgan fingerprint density at radius 1 is 1.58 bits per heavy atom. The number of hydrogen-bond acceptors (Lipinski definition) is 3. The summed E-state index contributed by atoms with van der Waals surface area (Å²) in [7, 11) is 0. The molecule has 0 radical (unpaired) electrons. The summed E-state index contributed by atoms with van der Waals surface area (Å²) in [4.78, 5) is 10.3. The number of carbonyl (C=O) groups is 1. The van der Waals surface area contributed by atoms with Gasteiger partial charge in [-0.25, -0.2) is 0 Å². The molecule has 0 saturated carbocycles. The fourth-order valence-corrected chi connectivity index (χ4v) is 0.859. The summed E-state index contributed by atoms with van der Waals surface area (Å²) in [5, 5.41) is 12.0. The van der Waals surface area contributed by atoms with E-state index in [0.29, 0.717) is 13.0 Å². The maximum atomic E-state index is 10.3. The normalized spacial score (nSPS) is 12.8. The molecule has 1 amide bonds. The highest BCUT2D eigenvalue weighted by atomic mass is 16.3. The molecule has 4 N–H and O–H groups in total. The first-order valence-corrected chi connectivity index (χ1v) is 4.30. The van der Waals surface area contributed by atoms with E-state index in [1.165, 1.54) is 0 Å². The van der Waals surface area contributed by atoms with Crippen molar-refractivity contribution in [2.75, 3.05) is 13.1 Å². The van der Waals surface area contributed by atoms with E-state index >= 15 is 0 Å². The van der Waals surface area contributed by atoms with Gasteiger partial charge in [-0.15, -0.1) is 0 Å². The predicted octanol–water partition coefficient (Wildman–Crippen LogP) is -0.388. The van der Waals surface area contributed by atoms with Crippen molar-refractivity contribution in [1.82, 2.24) is 5.32 Å². The van der Waals surface area contributed by atoms with Gasteiger partial charge in [-0.3, -0.25) is 4.79 Å². The number of nitrogens with two attached hydrogens (primary N) is 1. The van der Waals surface area contributed by atoms with Gasteiger partial charge in [-0.05, 0) is 26.3 Å². The molecular weight excluding hydrogens is 156 g/mol. The first kappa shape index (κ1) is 11.4. The van der Waals surface area contributed by atoms with E-state index in [-0.39, 0.29) is 12.0 Å². The lowest BCUT2D eigenvalue weighted by Crippen LogP contribution is -2.23. The van der Waals surface area contributed by atoms with Gasteiger partial charge < -0.3 is 16.2 Å². The zero-order chi connectivity index (χ0) is 9.40. The highest BCUT2D eigenvalue weighted by Gasteiger charge is 1.95. The number of primary amides is 1. The lowest BCUT2D eigenvalue weighted by atomic mass is 10.2. The van der Waals surface area contributed by atoms with Crippen LogP contribution < -0.4 is 11.1 Å². The van der Waals surface area contributed by atoms with Crippen molar-refractivity contribution in [3.8, 4) is 0 Å². The van der Waals surface area contributed by atoms with Crippen LogP contribution in [0.15, 0.2) is 0 Å². The van der Waals surface area contributed by atoms with Crippen LogP contribution in [0.25, 0.3) is 0 Å². The van der Waals surface area contributed by atoms with E-state index in [1.54, 1.807) is 6.92 Å². The first-order valence-electron chi connectivity index (χ1n) is 4.30. The molecule has 0 spiro atoms. The van der Waals surface area contributed by atoms with E-state index in [9.17, 15) is 4.79 Å². The summed E-state index contributed by atoms with van der Waals surface area (Å²) in [6.07, 6.45) is 1.87. The van der Waals surface area contributed by atoms with E-state index in [4.69, 9.17) is 10.8 Å². The van der Waals surface area contributed by atoms with Crippen molar-refractivity contribution in [3.05, 3.63) is 0 Å². The molecule has 0 aromatic heterocycles. The highest BCUT2D eigenvalue weighted by Crippen LogP contribution is 1.93. The Balaban J connectivity index is 2.96. The summed E-state index contributed by atoms with van der Waals surface area (Å²) < 4.78 is 0. The molecule has 12 heavy (non-hydrogen) atoms. The second-order valence-corrected chi connectivity index (χ2v) is 2.96. The van der Waals surface area contributed by atoms with Crippen molar-refractivity contribution in [3.63, 3.8) is 0 Å². The SMILES string of the molecule is CC(O)CCCNCCC(N)=O. The molecule has 0 aromatic carbocycles. The predicted molar refractivity (Wildman–Crippen MR) is 47.6 cm³/mol. The summed E-state index contributed by atoms with van der Waals surface area (Å²) in [5.74, 6) is -0.280. The molecule has 4 heteroatoms. The monoisotopic (exact) mass is 174 g/mol. The summed E-state index contributed by atoms with van der Waals surface area (Å²) >= 11 is 0. The first-order chi connectivity index (χ1) is 5.63. The van der Waals surface area contributed by atoms with Crippen LogP contribution in [0.3, 0.4) is 0 Å². The minimum atomic E-state index is -0.280. The van der Waals surface area contributed by atoms with Gasteiger partial charge >= 0.3 is 0 Å². The zero-order valence-electron chi connectivity index (χ0n) is 7.55. The number of aliphatic hydroxyl groups excluding tert-OH is 1. The van der Waals surface area contributed by atoms with Crippen molar-refractivity contribution in [2.45, 2.75) is 32.3 Å². The van der Waals surface area contributed by atoms with Crippen LogP contribution in [0.5, 0.6) is 0 Å². The van der Waals surface area contributed by atoms with Gasteiger partial charge in [0.15, 0.2) is 0 Å². The van der Waals surface area contributed by atoms with Crippen molar-refractivity contribution >= 4 is 5.91 Å². The Morgan fingerprint density at radius 2 is 2.25 bits per heavy atom. The second-order valence-electron chi connectivity index (χ2n) is 2.96. The van der Waals surface area contributed by atoms with Gasteiger partial charge in [-0.2, -0.15) is 0 Å². The third-order valence-electron chi connectivity index (χ3n) is 1.52. The largest absolute Gasteiger partial charge is 0.393 e. The van der Waals surface area contributed by atoms with Gasteiger partial charge in [-0.1, -0.05) is 0 Å². The molecule has 0 rings (SSSR count). The topological polar surface area (TPSA) is 75.3 Å². The van der Waals surface area contributed by atoms with Gasteiger partial charge in [0, 0.05) is 13.0 Å². The minimum absolute atomic E-state index is 0.233. The van der Waals surface area contributed by atoms with Gasteiger partial charge in [0.2, 0.25) is 5.91 Å². The molecule has 0 aliphatic rings. The Bertz CT molecular complexity index is 126. The molecule has 0 aliphatic heterocycles. The maximum Gasteiger partial charge on any atom is 0.218 e. The van der Waals surface area contributed by atoms with E-state index < -0.39 is 0 Å². The van der Waals surface area contributed by atoms with Crippen molar-refractivity contribution < 1.29 is 9.90 Å².